The molecule has 1 saturated heterocycles. The minimum Gasteiger partial charge on any atom is -0.378 e. The summed E-state index contributed by atoms with van der Waals surface area (Å²) in [5, 5.41) is 3.89. The molecule has 1 aliphatic heterocycles. The quantitative estimate of drug-likeness (QED) is 0.929. The first kappa shape index (κ1) is 15.9. The van der Waals surface area contributed by atoms with Crippen molar-refractivity contribution in [1.82, 2.24) is 15.3 Å². The van der Waals surface area contributed by atoms with E-state index in [0.29, 0.717) is 18.1 Å². The van der Waals surface area contributed by atoms with Crippen molar-refractivity contribution in [2.75, 3.05) is 31.2 Å². The van der Waals surface area contributed by atoms with Crippen LogP contribution in [-0.2, 0) is 4.74 Å². The van der Waals surface area contributed by atoms with Gasteiger partial charge in [0, 0.05) is 19.3 Å². The highest BCUT2D eigenvalue weighted by Crippen LogP contribution is 2.27. The smallest absolute Gasteiger partial charge is 0.263 e. The maximum atomic E-state index is 12.5. The zero-order valence-corrected chi connectivity index (χ0v) is 14.1. The van der Waals surface area contributed by atoms with Crippen LogP contribution >= 0.6 is 11.3 Å². The summed E-state index contributed by atoms with van der Waals surface area (Å²) in [6.45, 7) is 6.85. The molecule has 6 nitrogen and oxygen atoms in total. The van der Waals surface area contributed by atoms with E-state index >= 15 is 0 Å². The van der Waals surface area contributed by atoms with Gasteiger partial charge in [-0.05, 0) is 26.0 Å². The van der Waals surface area contributed by atoms with Gasteiger partial charge in [0.05, 0.1) is 30.6 Å². The van der Waals surface area contributed by atoms with Crippen LogP contribution in [0.3, 0.4) is 0 Å². The summed E-state index contributed by atoms with van der Waals surface area (Å²) in [6.07, 6.45) is 1.73. The van der Waals surface area contributed by atoms with Crippen molar-refractivity contribution in [1.29, 1.82) is 0 Å². The van der Waals surface area contributed by atoms with Gasteiger partial charge in [0.15, 0.2) is 5.13 Å². The molecule has 0 saturated carbocycles. The van der Waals surface area contributed by atoms with Gasteiger partial charge in [0.1, 0.15) is 4.88 Å². The fourth-order valence-electron chi connectivity index (χ4n) is 2.45. The minimum atomic E-state index is -0.142. The molecule has 0 bridgehead atoms. The van der Waals surface area contributed by atoms with Gasteiger partial charge < -0.3 is 15.0 Å². The number of nitrogens with zero attached hydrogens (tertiary/aromatic N) is 3. The van der Waals surface area contributed by atoms with Crippen LogP contribution in [0.2, 0.25) is 0 Å². The maximum absolute atomic E-state index is 12.5. The first-order chi connectivity index (χ1) is 11.1. The number of nitrogens with one attached hydrogen (secondary N) is 1. The zero-order chi connectivity index (χ0) is 16.2. The molecule has 0 aromatic carbocycles. The Hall–Kier alpha value is -1.99. The number of carbonyl (C=O) groups excluding carboxylic acids is 1. The van der Waals surface area contributed by atoms with Gasteiger partial charge in [0.25, 0.3) is 5.91 Å². The Morgan fingerprint density at radius 2 is 2.17 bits per heavy atom. The third-order valence-corrected chi connectivity index (χ3v) is 4.97. The van der Waals surface area contributed by atoms with Gasteiger partial charge in [0.2, 0.25) is 0 Å². The molecule has 0 unspecified atom stereocenters. The summed E-state index contributed by atoms with van der Waals surface area (Å²) in [5.74, 6) is -0.0994. The third-order valence-electron chi connectivity index (χ3n) is 3.75. The van der Waals surface area contributed by atoms with Crippen LogP contribution in [0, 0.1) is 6.92 Å². The Kier molecular flexibility index (Phi) is 4.88. The average Bonchev–Trinajstić information content (AvgIpc) is 2.98. The number of aryl methyl sites for hydroxylation is 1. The van der Waals surface area contributed by atoms with Crippen molar-refractivity contribution in [2.45, 2.75) is 19.9 Å². The van der Waals surface area contributed by atoms with Gasteiger partial charge in [-0.1, -0.05) is 17.4 Å². The number of carbonyl (C=O) groups is 1. The Balaban J connectivity index is 1.71. The molecule has 1 aliphatic rings. The van der Waals surface area contributed by atoms with E-state index in [9.17, 15) is 4.79 Å². The SMILES string of the molecule is Cc1nc(N2CCOCC2)sc1C(=O)N[C@@H](C)c1ccccn1. The number of hydrogen-bond donors (Lipinski definition) is 1. The first-order valence-corrected chi connectivity index (χ1v) is 8.48. The predicted octanol–water partition coefficient (Wildman–Crippen LogP) is 2.17. The lowest BCUT2D eigenvalue weighted by molar-refractivity contribution is 0.0942. The molecule has 1 N–H and O–H groups in total. The monoisotopic (exact) mass is 332 g/mol. The second-order valence-electron chi connectivity index (χ2n) is 5.46. The number of morpholine rings is 1. The van der Waals surface area contributed by atoms with Crippen molar-refractivity contribution in [2.24, 2.45) is 0 Å². The van der Waals surface area contributed by atoms with E-state index in [2.05, 4.69) is 20.2 Å². The highest BCUT2D eigenvalue weighted by atomic mass is 32.1. The van der Waals surface area contributed by atoms with Crippen molar-refractivity contribution in [3.8, 4) is 0 Å². The summed E-state index contributed by atoms with van der Waals surface area (Å²) in [5.41, 5.74) is 1.61. The van der Waals surface area contributed by atoms with Gasteiger partial charge in [-0.3, -0.25) is 9.78 Å². The van der Waals surface area contributed by atoms with Crippen LogP contribution < -0.4 is 10.2 Å². The van der Waals surface area contributed by atoms with Crippen LogP contribution in [0.4, 0.5) is 5.13 Å². The first-order valence-electron chi connectivity index (χ1n) is 7.67. The summed E-state index contributed by atoms with van der Waals surface area (Å²) in [6, 6.07) is 5.54. The predicted molar refractivity (Wildman–Crippen MR) is 90.0 cm³/mol. The number of pyridine rings is 1. The molecular weight excluding hydrogens is 312 g/mol. The molecule has 122 valence electrons. The molecule has 7 heteroatoms. The molecule has 1 amide bonds. The molecule has 2 aromatic heterocycles. The number of ether oxygens (including phenoxy) is 1. The van der Waals surface area contributed by atoms with Gasteiger partial charge in [-0.15, -0.1) is 0 Å². The fourth-order valence-corrected chi connectivity index (χ4v) is 3.47. The van der Waals surface area contributed by atoms with Gasteiger partial charge in [-0.2, -0.15) is 0 Å². The minimum absolute atomic E-state index is 0.0994. The fraction of sp³-hybridized carbons (Fsp3) is 0.438. The molecule has 0 radical (unpaired) electrons. The number of amides is 1. The lowest BCUT2D eigenvalue weighted by atomic mass is 10.2. The molecule has 2 aromatic rings. The number of aromatic nitrogens is 2. The van der Waals surface area contributed by atoms with E-state index in [1.54, 1.807) is 6.20 Å². The Morgan fingerprint density at radius 3 is 2.87 bits per heavy atom. The lowest BCUT2D eigenvalue weighted by Gasteiger charge is -2.26. The van der Waals surface area contributed by atoms with E-state index in [0.717, 1.165) is 29.6 Å². The Labute approximate surface area is 139 Å². The number of rotatable bonds is 4. The van der Waals surface area contributed by atoms with Crippen molar-refractivity contribution >= 4 is 22.4 Å². The van der Waals surface area contributed by atoms with Crippen LogP contribution in [-0.4, -0.2) is 42.2 Å². The highest BCUT2D eigenvalue weighted by Gasteiger charge is 2.21. The number of anilines is 1. The lowest BCUT2D eigenvalue weighted by Crippen LogP contribution is -2.36. The van der Waals surface area contributed by atoms with E-state index in [1.165, 1.54) is 11.3 Å². The molecule has 0 aliphatic carbocycles. The molecule has 3 heterocycles. The molecule has 23 heavy (non-hydrogen) atoms. The Morgan fingerprint density at radius 1 is 1.39 bits per heavy atom. The largest absolute Gasteiger partial charge is 0.378 e. The second kappa shape index (κ2) is 7.06. The van der Waals surface area contributed by atoms with Crippen molar-refractivity contribution in [3.63, 3.8) is 0 Å². The molecule has 0 spiro atoms. The highest BCUT2D eigenvalue weighted by molar-refractivity contribution is 7.17. The normalized spacial score (nSPS) is 16.2. The van der Waals surface area contributed by atoms with Crippen LogP contribution in [0.15, 0.2) is 24.4 Å². The maximum Gasteiger partial charge on any atom is 0.263 e. The summed E-state index contributed by atoms with van der Waals surface area (Å²) < 4.78 is 5.36. The summed E-state index contributed by atoms with van der Waals surface area (Å²) >= 11 is 1.44. The summed E-state index contributed by atoms with van der Waals surface area (Å²) in [4.78, 5) is 24.2. The molecular formula is C16H20N4O2S. The number of thiazole rings is 1. The van der Waals surface area contributed by atoms with E-state index in [-0.39, 0.29) is 11.9 Å². The van der Waals surface area contributed by atoms with Crippen molar-refractivity contribution in [3.05, 3.63) is 40.7 Å². The van der Waals surface area contributed by atoms with E-state index in [1.807, 2.05) is 32.0 Å². The zero-order valence-electron chi connectivity index (χ0n) is 13.3. The van der Waals surface area contributed by atoms with Crippen LogP contribution in [0.5, 0.6) is 0 Å². The molecule has 1 atom stereocenters. The van der Waals surface area contributed by atoms with Crippen LogP contribution in [0.1, 0.15) is 34.0 Å². The topological polar surface area (TPSA) is 67.4 Å². The second-order valence-corrected chi connectivity index (χ2v) is 6.44. The molecule has 3 rings (SSSR count). The van der Waals surface area contributed by atoms with E-state index < -0.39 is 0 Å². The molecule has 1 fully saturated rings. The van der Waals surface area contributed by atoms with Gasteiger partial charge in [-0.25, -0.2) is 4.98 Å². The summed E-state index contributed by atoms with van der Waals surface area (Å²) in [7, 11) is 0. The van der Waals surface area contributed by atoms with Crippen LogP contribution in [0.25, 0.3) is 0 Å². The standard InChI is InChI=1S/C16H20N4O2S/c1-11(13-5-3-4-6-17-13)18-15(21)14-12(2)19-16(23-14)20-7-9-22-10-8-20/h3-6,11H,7-10H2,1-2H3,(H,18,21)/t11-/m0/s1. The number of hydrogen-bond acceptors (Lipinski definition) is 6. The van der Waals surface area contributed by atoms with E-state index in [4.69, 9.17) is 4.74 Å². The average molecular weight is 332 g/mol. The van der Waals surface area contributed by atoms with Gasteiger partial charge >= 0.3 is 0 Å². The third kappa shape index (κ3) is 3.68. The Bertz CT molecular complexity index is 668. The van der Waals surface area contributed by atoms with Crippen molar-refractivity contribution < 1.29 is 9.53 Å².